The van der Waals surface area contributed by atoms with Crippen molar-refractivity contribution in [3.05, 3.63) is 63.6 Å². The van der Waals surface area contributed by atoms with Crippen LogP contribution in [0.15, 0.2) is 42.5 Å². The van der Waals surface area contributed by atoms with Gasteiger partial charge in [-0.15, -0.1) is 0 Å². The average Bonchev–Trinajstić information content (AvgIpc) is 2.56. The number of carbonyl (C=O) groups is 1. The third-order valence-corrected chi connectivity index (χ3v) is 5.78. The van der Waals surface area contributed by atoms with E-state index in [0.29, 0.717) is 15.7 Å². The number of carbonyl (C=O) groups excluding carboxylic acids is 1. The standard InChI is InChI=1S/C18H20Cl2N2O3S/c1-12-4-9-16(10-17(12)20)22(26(3,24)25)13(2)18(23)21-11-14-5-7-15(19)8-6-14/h4-10,13H,11H2,1-3H3,(H,21,23)/t13-/m0/s1. The molecule has 0 aromatic heterocycles. The molecule has 0 saturated heterocycles. The van der Waals surface area contributed by atoms with Gasteiger partial charge in [0.1, 0.15) is 6.04 Å². The van der Waals surface area contributed by atoms with E-state index in [-0.39, 0.29) is 6.54 Å². The molecule has 0 aliphatic rings. The first-order valence-electron chi connectivity index (χ1n) is 7.87. The molecule has 26 heavy (non-hydrogen) atoms. The Balaban J connectivity index is 2.20. The van der Waals surface area contributed by atoms with Crippen molar-refractivity contribution in [2.75, 3.05) is 10.6 Å². The Hall–Kier alpha value is -1.76. The van der Waals surface area contributed by atoms with Gasteiger partial charge >= 0.3 is 0 Å². The summed E-state index contributed by atoms with van der Waals surface area (Å²) in [6.07, 6.45) is 1.06. The average molecular weight is 415 g/mol. The Morgan fingerprint density at radius 1 is 1.15 bits per heavy atom. The van der Waals surface area contributed by atoms with Crippen molar-refractivity contribution in [1.29, 1.82) is 0 Å². The molecule has 0 aliphatic heterocycles. The molecule has 1 atom stereocenters. The second-order valence-corrected chi connectivity index (χ2v) is 8.72. The summed E-state index contributed by atoms with van der Waals surface area (Å²) in [7, 11) is -3.68. The quantitative estimate of drug-likeness (QED) is 0.781. The lowest BCUT2D eigenvalue weighted by molar-refractivity contribution is -0.122. The van der Waals surface area contributed by atoms with Crippen molar-refractivity contribution in [2.45, 2.75) is 26.4 Å². The Bertz CT molecular complexity index is 899. The topological polar surface area (TPSA) is 66.5 Å². The molecule has 0 heterocycles. The molecule has 5 nitrogen and oxygen atoms in total. The van der Waals surface area contributed by atoms with E-state index in [1.165, 1.54) is 6.92 Å². The molecule has 0 unspecified atom stereocenters. The lowest BCUT2D eigenvalue weighted by Gasteiger charge is -2.28. The fourth-order valence-corrected chi connectivity index (χ4v) is 3.93. The number of nitrogens with zero attached hydrogens (tertiary/aromatic N) is 1. The van der Waals surface area contributed by atoms with Crippen molar-refractivity contribution >= 4 is 44.8 Å². The molecule has 0 aliphatic carbocycles. The van der Waals surface area contributed by atoms with Gasteiger partial charge in [-0.3, -0.25) is 9.10 Å². The minimum Gasteiger partial charge on any atom is -0.350 e. The minimum atomic E-state index is -3.68. The fraction of sp³-hybridized carbons (Fsp3) is 0.278. The van der Waals surface area contributed by atoms with Gasteiger partial charge in [-0.05, 0) is 49.2 Å². The van der Waals surface area contributed by atoms with Crippen LogP contribution < -0.4 is 9.62 Å². The van der Waals surface area contributed by atoms with Gasteiger partial charge in [0, 0.05) is 16.6 Å². The van der Waals surface area contributed by atoms with Crippen LogP contribution >= 0.6 is 23.2 Å². The van der Waals surface area contributed by atoms with Gasteiger partial charge in [-0.2, -0.15) is 0 Å². The molecule has 1 amide bonds. The van der Waals surface area contributed by atoms with Crippen LogP contribution in [0.3, 0.4) is 0 Å². The fourth-order valence-electron chi connectivity index (χ4n) is 2.47. The van der Waals surface area contributed by atoms with Crippen LogP contribution in [0.5, 0.6) is 0 Å². The number of halogens is 2. The molecule has 1 N–H and O–H groups in total. The smallest absolute Gasteiger partial charge is 0.243 e. The Kier molecular flexibility index (Phi) is 6.55. The number of anilines is 1. The van der Waals surface area contributed by atoms with E-state index < -0.39 is 22.0 Å². The van der Waals surface area contributed by atoms with Gasteiger partial charge in [-0.1, -0.05) is 41.4 Å². The Morgan fingerprint density at radius 3 is 2.31 bits per heavy atom. The number of hydrogen-bond acceptors (Lipinski definition) is 3. The maximum Gasteiger partial charge on any atom is 0.243 e. The van der Waals surface area contributed by atoms with Gasteiger partial charge in [0.15, 0.2) is 0 Å². The van der Waals surface area contributed by atoms with Crippen LogP contribution in [0.1, 0.15) is 18.1 Å². The summed E-state index contributed by atoms with van der Waals surface area (Å²) >= 11 is 12.0. The van der Waals surface area contributed by atoms with Crippen molar-refractivity contribution in [3.63, 3.8) is 0 Å². The maximum absolute atomic E-state index is 12.5. The van der Waals surface area contributed by atoms with E-state index in [2.05, 4.69) is 5.32 Å². The molecule has 8 heteroatoms. The van der Waals surface area contributed by atoms with E-state index in [1.807, 2.05) is 6.92 Å². The molecule has 2 rings (SSSR count). The predicted octanol–water partition coefficient (Wildman–Crippen LogP) is 3.77. The molecular weight excluding hydrogens is 395 g/mol. The number of nitrogens with one attached hydrogen (secondary N) is 1. The highest BCUT2D eigenvalue weighted by molar-refractivity contribution is 7.92. The third kappa shape index (κ3) is 5.13. The lowest BCUT2D eigenvalue weighted by Crippen LogP contribution is -2.47. The zero-order valence-corrected chi connectivity index (χ0v) is 17.0. The molecule has 0 bridgehead atoms. The highest BCUT2D eigenvalue weighted by Crippen LogP contribution is 2.26. The maximum atomic E-state index is 12.5. The summed E-state index contributed by atoms with van der Waals surface area (Å²) in [5, 5.41) is 3.79. The van der Waals surface area contributed by atoms with Gasteiger partial charge in [-0.25, -0.2) is 8.42 Å². The molecule has 0 saturated carbocycles. The normalized spacial score (nSPS) is 12.5. The number of aryl methyl sites for hydroxylation is 1. The summed E-state index contributed by atoms with van der Waals surface area (Å²) in [5.41, 5.74) is 2.03. The summed E-state index contributed by atoms with van der Waals surface area (Å²) in [5.74, 6) is -0.415. The first kappa shape index (κ1) is 20.6. The lowest BCUT2D eigenvalue weighted by atomic mass is 10.2. The third-order valence-electron chi connectivity index (χ3n) is 3.88. The van der Waals surface area contributed by atoms with Crippen LogP contribution in [0, 0.1) is 6.92 Å². The molecule has 2 aromatic carbocycles. The van der Waals surface area contributed by atoms with Crippen molar-refractivity contribution in [3.8, 4) is 0 Å². The molecular formula is C18H20Cl2N2O3S. The van der Waals surface area contributed by atoms with Crippen LogP contribution in [0.2, 0.25) is 10.0 Å². The number of hydrogen-bond donors (Lipinski definition) is 1. The zero-order valence-electron chi connectivity index (χ0n) is 14.7. The molecule has 2 aromatic rings. The van der Waals surface area contributed by atoms with Crippen LogP contribution in [-0.2, 0) is 21.4 Å². The second-order valence-electron chi connectivity index (χ2n) is 6.01. The summed E-state index contributed by atoms with van der Waals surface area (Å²) in [6.45, 7) is 3.62. The molecule has 0 fully saturated rings. The summed E-state index contributed by atoms with van der Waals surface area (Å²) in [4.78, 5) is 12.5. The van der Waals surface area contributed by atoms with Gasteiger partial charge < -0.3 is 5.32 Å². The second kappa shape index (κ2) is 8.29. The molecule has 140 valence electrons. The largest absolute Gasteiger partial charge is 0.350 e. The Labute approximate surface area is 164 Å². The van der Waals surface area contributed by atoms with E-state index >= 15 is 0 Å². The SMILES string of the molecule is Cc1ccc(N([C@@H](C)C(=O)NCc2ccc(Cl)cc2)S(C)(=O)=O)cc1Cl. The molecule has 0 spiro atoms. The van der Waals surface area contributed by atoms with Crippen LogP contribution in [-0.4, -0.2) is 26.6 Å². The number of rotatable bonds is 6. The van der Waals surface area contributed by atoms with E-state index in [4.69, 9.17) is 23.2 Å². The van der Waals surface area contributed by atoms with Crippen LogP contribution in [0.4, 0.5) is 5.69 Å². The van der Waals surface area contributed by atoms with Gasteiger partial charge in [0.2, 0.25) is 15.9 Å². The highest BCUT2D eigenvalue weighted by Gasteiger charge is 2.29. The number of amides is 1. The first-order chi connectivity index (χ1) is 12.1. The van der Waals surface area contributed by atoms with Crippen molar-refractivity contribution < 1.29 is 13.2 Å². The summed E-state index contributed by atoms with van der Waals surface area (Å²) < 4.78 is 25.6. The van der Waals surface area contributed by atoms with Crippen molar-refractivity contribution in [2.24, 2.45) is 0 Å². The minimum absolute atomic E-state index is 0.270. The zero-order chi connectivity index (χ0) is 19.5. The summed E-state index contributed by atoms with van der Waals surface area (Å²) in [6, 6.07) is 11.0. The highest BCUT2D eigenvalue weighted by atomic mass is 35.5. The van der Waals surface area contributed by atoms with Gasteiger partial charge in [0.25, 0.3) is 0 Å². The first-order valence-corrected chi connectivity index (χ1v) is 10.5. The van der Waals surface area contributed by atoms with E-state index in [0.717, 1.165) is 21.7 Å². The van der Waals surface area contributed by atoms with Crippen LogP contribution in [0.25, 0.3) is 0 Å². The van der Waals surface area contributed by atoms with Gasteiger partial charge in [0.05, 0.1) is 11.9 Å². The number of benzene rings is 2. The Morgan fingerprint density at radius 2 is 1.77 bits per heavy atom. The predicted molar refractivity (Wildman–Crippen MR) is 106 cm³/mol. The van der Waals surface area contributed by atoms with E-state index in [9.17, 15) is 13.2 Å². The molecule has 0 radical (unpaired) electrons. The van der Waals surface area contributed by atoms with E-state index in [1.54, 1.807) is 42.5 Å². The number of sulfonamides is 1. The van der Waals surface area contributed by atoms with Crippen molar-refractivity contribution in [1.82, 2.24) is 5.32 Å². The monoisotopic (exact) mass is 414 g/mol.